The highest BCUT2D eigenvalue weighted by Crippen LogP contribution is 2.33. The smallest absolute Gasteiger partial charge is 0.185 e. The minimum Gasteiger partial charge on any atom is -0.367 e. The Kier molecular flexibility index (Phi) is 3.63. The molecule has 1 aromatic rings. The van der Waals surface area contributed by atoms with E-state index in [9.17, 15) is 13.6 Å². The summed E-state index contributed by atoms with van der Waals surface area (Å²) in [4.78, 5) is 12.3. The third-order valence-electron chi connectivity index (χ3n) is 3.40. The first-order valence-corrected chi connectivity index (χ1v) is 6.01. The molecule has 0 aromatic heterocycles. The van der Waals surface area contributed by atoms with Crippen molar-refractivity contribution in [2.75, 3.05) is 6.61 Å². The number of rotatable bonds is 3. The second-order valence-corrected chi connectivity index (χ2v) is 4.78. The minimum atomic E-state index is -1.27. The molecule has 1 aromatic carbocycles. The maximum Gasteiger partial charge on any atom is 0.185 e. The number of nitriles is 1. The van der Waals surface area contributed by atoms with Crippen LogP contribution in [0, 0.1) is 23.0 Å². The quantitative estimate of drug-likeness (QED) is 0.844. The van der Waals surface area contributed by atoms with Gasteiger partial charge in [0.15, 0.2) is 5.78 Å². The Bertz CT molecular complexity index is 545. The molecule has 0 radical (unpaired) electrons. The van der Waals surface area contributed by atoms with Crippen LogP contribution in [-0.2, 0) is 9.53 Å². The van der Waals surface area contributed by atoms with Crippen molar-refractivity contribution in [1.29, 1.82) is 5.26 Å². The molecule has 19 heavy (non-hydrogen) atoms. The largest absolute Gasteiger partial charge is 0.367 e. The van der Waals surface area contributed by atoms with Crippen LogP contribution >= 0.6 is 0 Å². The van der Waals surface area contributed by atoms with Crippen LogP contribution < -0.4 is 0 Å². The Hall–Kier alpha value is -1.80. The molecule has 0 spiro atoms. The van der Waals surface area contributed by atoms with E-state index in [4.69, 9.17) is 10.00 Å². The van der Waals surface area contributed by atoms with E-state index in [2.05, 4.69) is 0 Å². The monoisotopic (exact) mass is 265 g/mol. The first kappa shape index (κ1) is 13.6. The van der Waals surface area contributed by atoms with Gasteiger partial charge in [-0.2, -0.15) is 5.26 Å². The molecule has 1 saturated heterocycles. The highest BCUT2D eigenvalue weighted by atomic mass is 19.1. The van der Waals surface area contributed by atoms with Crippen LogP contribution in [0.25, 0.3) is 0 Å². The molecule has 0 aliphatic carbocycles. The molecule has 1 heterocycles. The molecular formula is C14H13F2NO2. The molecule has 2 unspecified atom stereocenters. The van der Waals surface area contributed by atoms with Crippen molar-refractivity contribution in [3.63, 3.8) is 0 Å². The van der Waals surface area contributed by atoms with E-state index in [-0.39, 0.29) is 5.56 Å². The lowest BCUT2D eigenvalue weighted by Crippen LogP contribution is -2.38. The fourth-order valence-corrected chi connectivity index (χ4v) is 2.28. The lowest BCUT2D eigenvalue weighted by molar-refractivity contribution is -0.137. The minimum absolute atomic E-state index is 0.106. The number of hydrogen-bond acceptors (Lipinski definition) is 3. The average molecular weight is 265 g/mol. The topological polar surface area (TPSA) is 50.1 Å². The van der Waals surface area contributed by atoms with Gasteiger partial charge in [-0.1, -0.05) is 6.07 Å². The van der Waals surface area contributed by atoms with Gasteiger partial charge in [0.1, 0.15) is 23.2 Å². The summed E-state index contributed by atoms with van der Waals surface area (Å²) < 4.78 is 31.9. The number of ether oxygens (including phenoxy) is 1. The van der Waals surface area contributed by atoms with Crippen molar-refractivity contribution >= 4 is 5.78 Å². The van der Waals surface area contributed by atoms with Crippen molar-refractivity contribution < 1.29 is 18.3 Å². The van der Waals surface area contributed by atoms with E-state index < -0.39 is 28.9 Å². The van der Waals surface area contributed by atoms with Gasteiger partial charge >= 0.3 is 0 Å². The molecule has 2 atom stereocenters. The van der Waals surface area contributed by atoms with Crippen molar-refractivity contribution in [3.8, 4) is 6.07 Å². The maximum absolute atomic E-state index is 13.7. The van der Waals surface area contributed by atoms with Crippen LogP contribution in [0.5, 0.6) is 0 Å². The average Bonchev–Trinajstić information content (AvgIpc) is 2.81. The van der Waals surface area contributed by atoms with E-state index in [1.165, 1.54) is 0 Å². The number of carbonyl (C=O) groups is 1. The number of Topliss-reactive ketones (excluding diaryl/α,β-unsaturated/α-hetero) is 1. The van der Waals surface area contributed by atoms with Gasteiger partial charge in [0.2, 0.25) is 0 Å². The van der Waals surface area contributed by atoms with E-state index in [1.807, 2.05) is 0 Å². The molecule has 0 amide bonds. The van der Waals surface area contributed by atoms with Crippen molar-refractivity contribution in [2.24, 2.45) is 0 Å². The van der Waals surface area contributed by atoms with Crippen LogP contribution in [-0.4, -0.2) is 18.0 Å². The van der Waals surface area contributed by atoms with Gasteiger partial charge in [-0.05, 0) is 25.8 Å². The summed E-state index contributed by atoms with van der Waals surface area (Å²) >= 11 is 0. The Morgan fingerprint density at radius 2 is 2.26 bits per heavy atom. The Morgan fingerprint density at radius 1 is 1.53 bits per heavy atom. The summed E-state index contributed by atoms with van der Waals surface area (Å²) in [5.74, 6) is -3.38. The van der Waals surface area contributed by atoms with E-state index in [1.54, 1.807) is 13.0 Å². The fraction of sp³-hybridized carbons (Fsp3) is 0.429. The van der Waals surface area contributed by atoms with Gasteiger partial charge in [0, 0.05) is 18.2 Å². The second-order valence-electron chi connectivity index (χ2n) is 4.78. The number of benzene rings is 1. The number of nitrogens with zero attached hydrogens (tertiary/aromatic N) is 1. The zero-order valence-electron chi connectivity index (χ0n) is 10.5. The SMILES string of the molecule is CC1(C(=O)C(C#N)c2ccc(F)cc2F)CCCO1. The van der Waals surface area contributed by atoms with Crippen LogP contribution in [0.3, 0.4) is 0 Å². The first-order valence-electron chi connectivity index (χ1n) is 6.01. The molecule has 3 nitrogen and oxygen atoms in total. The molecule has 1 fully saturated rings. The molecule has 2 rings (SSSR count). The molecule has 5 heteroatoms. The van der Waals surface area contributed by atoms with Crippen LogP contribution in [0.4, 0.5) is 8.78 Å². The van der Waals surface area contributed by atoms with E-state index in [0.29, 0.717) is 19.1 Å². The lowest BCUT2D eigenvalue weighted by Gasteiger charge is -2.24. The molecule has 1 aliphatic heterocycles. The van der Waals surface area contributed by atoms with Crippen molar-refractivity contribution in [3.05, 3.63) is 35.4 Å². The number of hydrogen-bond donors (Lipinski definition) is 0. The predicted molar refractivity (Wildman–Crippen MR) is 63.3 cm³/mol. The summed E-state index contributed by atoms with van der Waals surface area (Å²) in [5.41, 5.74) is -1.16. The summed E-state index contributed by atoms with van der Waals surface area (Å²) in [6.45, 7) is 2.06. The van der Waals surface area contributed by atoms with Crippen LogP contribution in [0.2, 0.25) is 0 Å². The third-order valence-corrected chi connectivity index (χ3v) is 3.40. The highest BCUT2D eigenvalue weighted by Gasteiger charge is 2.42. The van der Waals surface area contributed by atoms with Crippen LogP contribution in [0.15, 0.2) is 18.2 Å². The number of halogens is 2. The van der Waals surface area contributed by atoms with Gasteiger partial charge in [0.05, 0.1) is 6.07 Å². The third kappa shape index (κ3) is 2.49. The zero-order valence-corrected chi connectivity index (χ0v) is 10.5. The van der Waals surface area contributed by atoms with Gasteiger partial charge < -0.3 is 4.74 Å². The first-order chi connectivity index (χ1) is 8.98. The maximum atomic E-state index is 13.7. The van der Waals surface area contributed by atoms with E-state index >= 15 is 0 Å². The van der Waals surface area contributed by atoms with Gasteiger partial charge in [0.25, 0.3) is 0 Å². The Morgan fingerprint density at radius 3 is 2.79 bits per heavy atom. The molecule has 0 N–H and O–H groups in total. The molecular weight excluding hydrogens is 252 g/mol. The van der Waals surface area contributed by atoms with Gasteiger partial charge in [-0.15, -0.1) is 0 Å². The molecule has 100 valence electrons. The zero-order chi connectivity index (χ0) is 14.0. The number of carbonyl (C=O) groups excluding carboxylic acids is 1. The van der Waals surface area contributed by atoms with Crippen molar-refractivity contribution in [1.82, 2.24) is 0 Å². The summed E-state index contributed by atoms with van der Waals surface area (Å²) in [6, 6.07) is 4.63. The van der Waals surface area contributed by atoms with Crippen molar-refractivity contribution in [2.45, 2.75) is 31.3 Å². The molecule has 0 bridgehead atoms. The number of ketones is 1. The Labute approximate surface area is 109 Å². The van der Waals surface area contributed by atoms with Gasteiger partial charge in [-0.25, -0.2) is 8.78 Å². The second kappa shape index (κ2) is 5.06. The standard InChI is InChI=1S/C14H13F2NO2/c1-14(5-2-6-19-14)13(18)11(8-17)10-4-3-9(15)7-12(10)16/h3-4,7,11H,2,5-6H2,1H3. The summed E-state index contributed by atoms with van der Waals surface area (Å²) in [6.07, 6.45) is 1.24. The predicted octanol–water partition coefficient (Wildman–Crippen LogP) is 2.71. The Balaban J connectivity index is 2.35. The highest BCUT2D eigenvalue weighted by molar-refractivity contribution is 5.95. The lowest BCUT2D eigenvalue weighted by atomic mass is 9.84. The summed E-state index contributed by atoms with van der Waals surface area (Å²) in [7, 11) is 0. The van der Waals surface area contributed by atoms with Crippen LogP contribution in [0.1, 0.15) is 31.2 Å². The molecule has 1 aliphatic rings. The van der Waals surface area contributed by atoms with E-state index in [0.717, 1.165) is 18.6 Å². The van der Waals surface area contributed by atoms with Gasteiger partial charge in [-0.3, -0.25) is 4.79 Å². The summed E-state index contributed by atoms with van der Waals surface area (Å²) in [5, 5.41) is 9.13. The molecule has 0 saturated carbocycles. The normalized spacial score (nSPS) is 23.9. The fourth-order valence-electron chi connectivity index (χ4n) is 2.28.